The Balaban J connectivity index is 1.27. The summed E-state index contributed by atoms with van der Waals surface area (Å²) in [6, 6.07) is 5.83. The van der Waals surface area contributed by atoms with Crippen molar-refractivity contribution in [3.63, 3.8) is 0 Å². The number of piperidine rings is 1. The molecule has 0 spiro atoms. The molecule has 2 N–H and O–H groups in total. The molecular formula is C22H29ClN6O4S. The van der Waals surface area contributed by atoms with Crippen molar-refractivity contribution >= 4 is 33.5 Å². The summed E-state index contributed by atoms with van der Waals surface area (Å²) >= 11 is 6.52. The molecule has 184 valence electrons. The van der Waals surface area contributed by atoms with Crippen LogP contribution in [0.5, 0.6) is 5.75 Å². The maximum Gasteiger partial charge on any atom is 0.251 e. The number of rotatable bonds is 7. The van der Waals surface area contributed by atoms with E-state index in [2.05, 4.69) is 19.8 Å². The van der Waals surface area contributed by atoms with Crippen LogP contribution in [0.4, 0.5) is 5.95 Å². The van der Waals surface area contributed by atoms with E-state index in [1.807, 2.05) is 18.2 Å². The van der Waals surface area contributed by atoms with Crippen molar-refractivity contribution in [1.29, 1.82) is 0 Å². The van der Waals surface area contributed by atoms with Gasteiger partial charge < -0.3 is 15.4 Å². The topological polar surface area (TPSA) is 122 Å². The monoisotopic (exact) mass is 508 g/mol. The Morgan fingerprint density at radius 1 is 1.12 bits per heavy atom. The number of nitrogens with zero attached hydrogens (tertiary/aromatic N) is 5. The summed E-state index contributed by atoms with van der Waals surface area (Å²) in [5.74, 6) is 0.687. The molecule has 1 aromatic heterocycles. The van der Waals surface area contributed by atoms with Crippen molar-refractivity contribution < 1.29 is 17.9 Å². The predicted octanol–water partition coefficient (Wildman–Crippen LogP) is 1.35. The fourth-order valence-corrected chi connectivity index (χ4v) is 5.25. The number of piperazine rings is 1. The number of aromatic nitrogens is 2. The zero-order valence-corrected chi connectivity index (χ0v) is 20.6. The van der Waals surface area contributed by atoms with Gasteiger partial charge in [0.2, 0.25) is 16.0 Å². The number of carbonyl (C=O) groups is 1. The Labute approximate surface area is 204 Å². The first kappa shape index (κ1) is 24.6. The number of nitrogens with two attached hydrogens (primary N) is 1. The average molecular weight is 509 g/mol. The Morgan fingerprint density at radius 2 is 1.76 bits per heavy atom. The molecule has 2 fully saturated rings. The molecule has 0 atom stereocenters. The lowest BCUT2D eigenvalue weighted by Gasteiger charge is -2.33. The van der Waals surface area contributed by atoms with E-state index in [9.17, 15) is 13.2 Å². The Bertz CT molecular complexity index is 1110. The summed E-state index contributed by atoms with van der Waals surface area (Å²) in [4.78, 5) is 23.9. The highest BCUT2D eigenvalue weighted by Crippen LogP contribution is 2.29. The summed E-state index contributed by atoms with van der Waals surface area (Å²) in [5, 5.41) is 0.570. The number of halogens is 1. The minimum atomic E-state index is -3.13. The Hall–Kier alpha value is -2.47. The minimum absolute atomic E-state index is 0.0357. The van der Waals surface area contributed by atoms with E-state index in [-0.39, 0.29) is 11.7 Å². The highest BCUT2D eigenvalue weighted by Gasteiger charge is 2.25. The first-order chi connectivity index (χ1) is 16.2. The SMILES string of the molecule is CS(=O)(=O)N1CCN(Cc2ccc(OC3CCN(c4ncc(C(N)=O)cn4)CC3)c(Cl)c2)CC1. The molecule has 12 heteroatoms. The second-order valence-electron chi connectivity index (χ2n) is 8.64. The molecule has 0 radical (unpaired) electrons. The van der Waals surface area contributed by atoms with Gasteiger partial charge in [0.05, 0.1) is 16.8 Å². The van der Waals surface area contributed by atoms with Crippen molar-refractivity contribution in [2.24, 2.45) is 5.73 Å². The number of amides is 1. The van der Waals surface area contributed by atoms with E-state index in [1.165, 1.54) is 23.0 Å². The summed E-state index contributed by atoms with van der Waals surface area (Å²) in [6.45, 7) is 4.57. The van der Waals surface area contributed by atoms with E-state index in [1.54, 1.807) is 0 Å². The van der Waals surface area contributed by atoms with Crippen LogP contribution in [0.15, 0.2) is 30.6 Å². The third kappa shape index (κ3) is 6.15. The summed E-state index contributed by atoms with van der Waals surface area (Å²) in [6.07, 6.45) is 5.77. The molecule has 0 aliphatic carbocycles. The average Bonchev–Trinajstić information content (AvgIpc) is 2.81. The molecular weight excluding hydrogens is 480 g/mol. The summed E-state index contributed by atoms with van der Waals surface area (Å²) < 4.78 is 31.0. The van der Waals surface area contributed by atoms with Crippen molar-refractivity contribution in [2.45, 2.75) is 25.5 Å². The number of hydrogen-bond acceptors (Lipinski definition) is 8. The molecule has 2 aromatic rings. The normalized spacial score (nSPS) is 18.7. The molecule has 0 saturated carbocycles. The van der Waals surface area contributed by atoms with Gasteiger partial charge in [-0.15, -0.1) is 0 Å². The van der Waals surface area contributed by atoms with Crippen LogP contribution in [0.1, 0.15) is 28.8 Å². The van der Waals surface area contributed by atoms with Crippen molar-refractivity contribution in [1.82, 2.24) is 19.2 Å². The molecule has 34 heavy (non-hydrogen) atoms. The van der Waals surface area contributed by atoms with E-state index in [0.29, 0.717) is 49.4 Å². The largest absolute Gasteiger partial charge is 0.489 e. The van der Waals surface area contributed by atoms with Crippen LogP contribution in [-0.4, -0.2) is 85.1 Å². The third-order valence-electron chi connectivity index (χ3n) is 6.14. The second kappa shape index (κ2) is 10.4. The molecule has 1 aromatic carbocycles. The van der Waals surface area contributed by atoms with Crippen molar-refractivity contribution in [2.75, 3.05) is 50.4 Å². The zero-order chi connectivity index (χ0) is 24.3. The molecule has 1 amide bonds. The molecule has 0 bridgehead atoms. The van der Waals surface area contributed by atoms with Gasteiger partial charge in [-0.3, -0.25) is 9.69 Å². The quantitative estimate of drug-likeness (QED) is 0.594. The second-order valence-corrected chi connectivity index (χ2v) is 11.0. The number of anilines is 1. The van der Waals surface area contributed by atoms with E-state index in [4.69, 9.17) is 22.1 Å². The fraction of sp³-hybridized carbons (Fsp3) is 0.500. The highest BCUT2D eigenvalue weighted by atomic mass is 35.5. The van der Waals surface area contributed by atoms with Gasteiger partial charge in [0, 0.05) is 71.0 Å². The predicted molar refractivity (Wildman–Crippen MR) is 130 cm³/mol. The molecule has 2 aliphatic heterocycles. The summed E-state index contributed by atoms with van der Waals surface area (Å²) in [7, 11) is -3.13. The molecule has 2 aliphatic rings. The molecule has 2 saturated heterocycles. The van der Waals surface area contributed by atoms with Crippen LogP contribution in [0.3, 0.4) is 0 Å². The van der Waals surface area contributed by atoms with Gasteiger partial charge in [-0.2, -0.15) is 4.31 Å². The molecule has 10 nitrogen and oxygen atoms in total. The van der Waals surface area contributed by atoms with Gasteiger partial charge in [0.15, 0.2) is 0 Å². The van der Waals surface area contributed by atoms with E-state index < -0.39 is 15.9 Å². The fourth-order valence-electron chi connectivity index (χ4n) is 4.18. The van der Waals surface area contributed by atoms with Crippen molar-refractivity contribution in [3.8, 4) is 5.75 Å². The lowest BCUT2D eigenvalue weighted by molar-refractivity contribution is 0.0999. The molecule has 4 rings (SSSR count). The van der Waals surface area contributed by atoms with Crippen LogP contribution in [-0.2, 0) is 16.6 Å². The number of carbonyl (C=O) groups excluding carboxylic acids is 1. The highest BCUT2D eigenvalue weighted by molar-refractivity contribution is 7.88. The van der Waals surface area contributed by atoms with Gasteiger partial charge in [-0.05, 0) is 17.7 Å². The maximum atomic E-state index is 11.7. The minimum Gasteiger partial charge on any atom is -0.489 e. The van der Waals surface area contributed by atoms with E-state index in [0.717, 1.165) is 31.5 Å². The maximum absolute atomic E-state index is 11.7. The summed E-state index contributed by atoms with van der Waals surface area (Å²) in [5.41, 5.74) is 6.59. The van der Waals surface area contributed by atoms with Crippen LogP contribution >= 0.6 is 11.6 Å². The van der Waals surface area contributed by atoms with Gasteiger partial charge in [0.1, 0.15) is 11.9 Å². The van der Waals surface area contributed by atoms with Gasteiger partial charge >= 0.3 is 0 Å². The molecule has 3 heterocycles. The number of hydrogen-bond donors (Lipinski definition) is 1. The van der Waals surface area contributed by atoms with Crippen LogP contribution in [0.2, 0.25) is 5.02 Å². The smallest absolute Gasteiger partial charge is 0.251 e. The van der Waals surface area contributed by atoms with Gasteiger partial charge in [0.25, 0.3) is 5.91 Å². The number of sulfonamides is 1. The Morgan fingerprint density at radius 3 is 2.32 bits per heavy atom. The van der Waals surface area contributed by atoms with Crippen LogP contribution < -0.4 is 15.4 Å². The van der Waals surface area contributed by atoms with Gasteiger partial charge in [-0.1, -0.05) is 17.7 Å². The van der Waals surface area contributed by atoms with Crippen LogP contribution in [0, 0.1) is 0 Å². The first-order valence-electron chi connectivity index (χ1n) is 11.2. The van der Waals surface area contributed by atoms with Crippen LogP contribution in [0.25, 0.3) is 0 Å². The number of primary amides is 1. The van der Waals surface area contributed by atoms with E-state index >= 15 is 0 Å². The van der Waals surface area contributed by atoms with Gasteiger partial charge in [-0.25, -0.2) is 18.4 Å². The standard InChI is InChI=1S/C22H29ClN6O4S/c1-34(31,32)29-10-8-27(9-11-29)15-16-2-3-20(19(23)12-16)33-18-4-6-28(7-5-18)22-25-13-17(14-26-22)21(24)30/h2-3,12-14,18H,4-11,15H2,1H3,(H2,24,30). The number of ether oxygens (including phenoxy) is 1. The zero-order valence-electron chi connectivity index (χ0n) is 19.1. The van der Waals surface area contributed by atoms with Crippen molar-refractivity contribution in [3.05, 3.63) is 46.7 Å². The first-order valence-corrected chi connectivity index (χ1v) is 13.4. The lowest BCUT2D eigenvalue weighted by atomic mass is 10.1. The molecule has 0 unspecified atom stereocenters. The number of benzene rings is 1. The third-order valence-corrected chi connectivity index (χ3v) is 7.74. The Kier molecular flexibility index (Phi) is 7.56. The lowest BCUT2D eigenvalue weighted by Crippen LogP contribution is -2.47.